The first-order chi connectivity index (χ1) is 63.2. The van der Waals surface area contributed by atoms with Crippen LogP contribution in [0.5, 0.6) is 0 Å². The molecule has 3 unspecified atom stereocenters. The lowest BCUT2D eigenvalue weighted by Crippen LogP contribution is -2.10. The van der Waals surface area contributed by atoms with E-state index in [2.05, 4.69) is 306 Å². The van der Waals surface area contributed by atoms with Gasteiger partial charge in [0.15, 0.2) is 0 Å². The molecule has 672 valence electrons. The average Bonchev–Trinajstić information content (AvgIpc) is 1.58. The fraction of sp³-hybridized carbons (Fsp3) is 0.415. The first-order valence-corrected chi connectivity index (χ1v) is 52.1. The number of hydrogen-bond donors (Lipinski definition) is 0. The molecule has 0 spiro atoms. The number of fused-ring (bicyclic) bond motifs is 15. The molecule has 0 saturated carbocycles. The van der Waals surface area contributed by atoms with Crippen LogP contribution in [-0.4, -0.2) is 0 Å². The monoisotopic (exact) mass is 1710 g/mol. The standard InChI is InChI=1S/C28H36.3C26H32.C24H20/c1-18(2)7-6-8-19(3)9-12-22-13-16-23-21(5)11-15-25-24-14-10-20(4)17-26(24)27(22)28(23)25;1-5-7-8-19(6-2)16-20-11-14-21-18(4)10-13-23-22-12-9-17(3)15-24(22)25(20)26(21)23;1-4-5-6-7-8-9-10-20-13-16-21-19(3)12-15-23-22-14-11-18(2)17-24(22)25(20)26(21)23;1-4-5-6-7-8-9-10-20-13-16-23-24-17-18(2)11-14-21(24)22-15-12-19(3)25(20)26(22)23;1-15-8-10-20-21-11-9-16(2)18-12-13-19(17-6-4-3-5-7-17)24(23(18)21)22(20)14-15/h10-11,14-15,17-19H,6-9,12-13,16H2,1-5H3;9-10,12-13,15,19H,5-8,11,14,16H2,1-4H3;11-12,14-15,17H,4-10,13,16H2,1-3H3;11-12,14-17,20H,4-10,13H2,1-3H3;3-11,14H,12-13H2,1-2H3. The van der Waals surface area contributed by atoms with Crippen molar-refractivity contribution in [3.8, 4) is 55.6 Å². The van der Waals surface area contributed by atoms with Crippen molar-refractivity contribution in [3.05, 3.63) is 349 Å². The SMILES string of the molecule is CCCCC(CC)CC1=C2c3cc(C)ccc3-c3ccc(C)c(c32)CC1.CCCCCCCCC1=C2c3cc(C)ccc3-c3ccc(C)c(c32)CC1.CCCCCCCCC1CC=C2c3cc(C)ccc3-c3ccc(C)c1c32.Cc1ccc2c(c1)C1=C(CCC(C)CCCC(C)C)CCc3c(C)ccc-2c31.Cc1ccc2c(c1)C1=C(c3ccccc3)CCc3c(C)ccc-2c31. The van der Waals surface area contributed by atoms with Gasteiger partial charge in [-0.15, -0.1) is 0 Å². The van der Waals surface area contributed by atoms with Crippen molar-refractivity contribution < 1.29 is 0 Å². The Morgan fingerprint density at radius 1 is 0.292 bits per heavy atom. The van der Waals surface area contributed by atoms with E-state index < -0.39 is 0 Å². The van der Waals surface area contributed by atoms with E-state index in [0.717, 1.165) is 36.5 Å². The van der Waals surface area contributed by atoms with Crippen molar-refractivity contribution in [1.29, 1.82) is 0 Å². The maximum atomic E-state index is 2.54. The molecule has 0 radical (unpaired) electrons. The van der Waals surface area contributed by atoms with Crippen LogP contribution in [0.1, 0.15) is 385 Å². The van der Waals surface area contributed by atoms with Gasteiger partial charge in [0, 0.05) is 0 Å². The van der Waals surface area contributed by atoms with E-state index in [1.165, 1.54) is 366 Å². The second-order valence-corrected chi connectivity index (χ2v) is 42.0. The minimum Gasteiger partial charge on any atom is -0.0754 e. The highest BCUT2D eigenvalue weighted by Crippen LogP contribution is 2.59. The van der Waals surface area contributed by atoms with Gasteiger partial charge in [-0.25, -0.2) is 0 Å². The molecule has 3 atom stereocenters. The molecule has 10 aliphatic carbocycles. The number of rotatable bonds is 28. The van der Waals surface area contributed by atoms with E-state index in [-0.39, 0.29) is 0 Å². The Morgan fingerprint density at radius 3 is 1.15 bits per heavy atom. The van der Waals surface area contributed by atoms with Crippen LogP contribution in [0.25, 0.3) is 89.1 Å². The third-order valence-electron chi connectivity index (χ3n) is 32.0. The summed E-state index contributed by atoms with van der Waals surface area (Å²) < 4.78 is 0. The summed E-state index contributed by atoms with van der Waals surface area (Å²) in [7, 11) is 0. The summed E-state index contributed by atoms with van der Waals surface area (Å²) in [5, 5.41) is 0. The van der Waals surface area contributed by atoms with Crippen molar-refractivity contribution in [3.63, 3.8) is 0 Å². The second-order valence-electron chi connectivity index (χ2n) is 42.0. The van der Waals surface area contributed by atoms with Gasteiger partial charge in [-0.3, -0.25) is 0 Å². The molecule has 0 aliphatic heterocycles. The average molecular weight is 1710 g/mol. The van der Waals surface area contributed by atoms with E-state index in [1.807, 2.05) is 0 Å². The van der Waals surface area contributed by atoms with Gasteiger partial charge in [-0.2, -0.15) is 0 Å². The molecule has 0 amide bonds. The van der Waals surface area contributed by atoms with Crippen LogP contribution in [0.15, 0.2) is 205 Å². The summed E-state index contributed by atoms with van der Waals surface area (Å²) in [6.07, 6.45) is 46.2. The molecule has 0 N–H and O–H groups in total. The van der Waals surface area contributed by atoms with Crippen LogP contribution in [-0.2, 0) is 25.7 Å². The molecule has 11 aromatic carbocycles. The van der Waals surface area contributed by atoms with E-state index >= 15 is 0 Å². The molecule has 21 rings (SSSR count). The van der Waals surface area contributed by atoms with Gasteiger partial charge < -0.3 is 0 Å². The maximum Gasteiger partial charge on any atom is -0.00578 e. The van der Waals surface area contributed by atoms with Gasteiger partial charge in [0.05, 0.1) is 0 Å². The first-order valence-electron chi connectivity index (χ1n) is 52.1. The highest BCUT2D eigenvalue weighted by molar-refractivity contribution is 6.13. The lowest BCUT2D eigenvalue weighted by atomic mass is 9.78. The molecular weight excluding hydrogens is 1560 g/mol. The van der Waals surface area contributed by atoms with Crippen LogP contribution in [0.4, 0.5) is 0 Å². The molecular formula is C130H152. The molecule has 0 heterocycles. The van der Waals surface area contributed by atoms with Gasteiger partial charge in [-0.1, -0.05) is 397 Å². The highest BCUT2D eigenvalue weighted by atomic mass is 14.4. The van der Waals surface area contributed by atoms with Crippen molar-refractivity contribution in [1.82, 2.24) is 0 Å². The minimum absolute atomic E-state index is 0.718. The normalized spacial score (nSPS) is 15.6. The quantitative estimate of drug-likeness (QED) is 0.0429. The summed E-state index contributed by atoms with van der Waals surface area (Å²) in [6, 6.07) is 69.5. The first kappa shape index (κ1) is 92.0. The predicted molar refractivity (Wildman–Crippen MR) is 566 cm³/mol. The number of aryl methyl sites for hydroxylation is 10. The third kappa shape index (κ3) is 18.7. The smallest absolute Gasteiger partial charge is 0.00578 e. The molecule has 0 nitrogen and oxygen atoms in total. The van der Waals surface area contributed by atoms with Gasteiger partial charge in [0.1, 0.15) is 0 Å². The molecule has 0 heteroatoms. The zero-order valence-corrected chi connectivity index (χ0v) is 83.0. The summed E-state index contributed by atoms with van der Waals surface area (Å²) >= 11 is 0. The summed E-state index contributed by atoms with van der Waals surface area (Å²) in [4.78, 5) is 0. The van der Waals surface area contributed by atoms with Gasteiger partial charge >= 0.3 is 0 Å². The number of hydrogen-bond acceptors (Lipinski definition) is 0. The van der Waals surface area contributed by atoms with Crippen LogP contribution < -0.4 is 0 Å². The van der Waals surface area contributed by atoms with Crippen LogP contribution in [0.3, 0.4) is 0 Å². The Bertz CT molecular complexity index is 6220. The Labute approximate surface area is 786 Å². The zero-order valence-electron chi connectivity index (χ0n) is 83.0. The fourth-order valence-corrected chi connectivity index (χ4v) is 24.8. The largest absolute Gasteiger partial charge is 0.0754 e. The van der Waals surface area contributed by atoms with Crippen LogP contribution in [0, 0.1) is 87.0 Å². The minimum atomic E-state index is 0.718. The summed E-state index contributed by atoms with van der Waals surface area (Å²) in [5.74, 6) is 3.24. The third-order valence-corrected chi connectivity index (χ3v) is 32.0. The predicted octanol–water partition coefficient (Wildman–Crippen LogP) is 37.8. The zero-order chi connectivity index (χ0) is 90.5. The van der Waals surface area contributed by atoms with Crippen LogP contribution in [0.2, 0.25) is 0 Å². The van der Waals surface area contributed by atoms with E-state index in [9.17, 15) is 0 Å². The van der Waals surface area contributed by atoms with Crippen molar-refractivity contribution >= 4 is 33.4 Å². The van der Waals surface area contributed by atoms with Crippen molar-refractivity contribution in [2.24, 2.45) is 17.8 Å². The Balaban J connectivity index is 0.000000114. The molecule has 10 aliphatic rings. The Kier molecular flexibility index (Phi) is 29.1. The fourth-order valence-electron chi connectivity index (χ4n) is 24.8. The van der Waals surface area contributed by atoms with E-state index in [0.29, 0.717) is 0 Å². The molecule has 11 aromatic rings. The maximum absolute atomic E-state index is 2.54. The highest BCUT2D eigenvalue weighted by Gasteiger charge is 2.39. The molecule has 0 saturated heterocycles. The molecule has 0 bridgehead atoms. The van der Waals surface area contributed by atoms with Gasteiger partial charge in [0.2, 0.25) is 0 Å². The summed E-state index contributed by atoms with van der Waals surface area (Å²) in [5.41, 5.74) is 67.9. The van der Waals surface area contributed by atoms with Gasteiger partial charge in [-0.05, 0) is 395 Å². The van der Waals surface area contributed by atoms with Gasteiger partial charge in [0.25, 0.3) is 0 Å². The Hall–Kier alpha value is -9.88. The molecule has 0 aromatic heterocycles. The number of benzene rings is 11. The van der Waals surface area contributed by atoms with Crippen molar-refractivity contribution in [2.45, 2.75) is 336 Å². The number of unbranched alkanes of at least 4 members (excludes halogenated alkanes) is 11. The Morgan fingerprint density at radius 2 is 0.677 bits per heavy atom. The summed E-state index contributed by atoms with van der Waals surface area (Å²) in [6.45, 7) is 39.0. The lowest BCUT2D eigenvalue weighted by molar-refractivity contribution is 0.435. The van der Waals surface area contributed by atoms with Crippen LogP contribution >= 0.6 is 0 Å². The lowest BCUT2D eigenvalue weighted by Gasteiger charge is -2.26. The second kappa shape index (κ2) is 41.1. The topological polar surface area (TPSA) is 0 Å². The molecule has 0 fully saturated rings. The van der Waals surface area contributed by atoms with E-state index in [1.54, 1.807) is 83.5 Å². The number of allylic oxidation sites excluding steroid dienone is 5. The molecule has 130 heavy (non-hydrogen) atoms. The van der Waals surface area contributed by atoms with E-state index in [4.69, 9.17) is 0 Å². The van der Waals surface area contributed by atoms with Crippen molar-refractivity contribution in [2.75, 3.05) is 0 Å².